The quantitative estimate of drug-likeness (QED) is 0.647. The first-order valence-corrected chi connectivity index (χ1v) is 10.8. The van der Waals surface area contributed by atoms with E-state index in [4.69, 9.17) is 21.7 Å². The molecule has 0 unspecified atom stereocenters. The van der Waals surface area contributed by atoms with Gasteiger partial charge in [0.2, 0.25) is 5.91 Å². The van der Waals surface area contributed by atoms with E-state index in [1.807, 2.05) is 36.1 Å². The van der Waals surface area contributed by atoms with Gasteiger partial charge in [-0.05, 0) is 48.6 Å². The van der Waals surface area contributed by atoms with Crippen LogP contribution in [0.25, 0.3) is 0 Å². The van der Waals surface area contributed by atoms with Crippen LogP contribution in [-0.4, -0.2) is 62.2 Å². The third kappa shape index (κ3) is 5.67. The van der Waals surface area contributed by atoms with Crippen LogP contribution in [0.15, 0.2) is 42.5 Å². The molecule has 1 aliphatic heterocycles. The standard InChI is InChI=1S/C23H28N4O4S/c1-4-21(28)27-13-11-26(12-14-27)17-7-5-16(6-8-17)24-23(32)25-22(29)19-10-9-18(30-2)15-20(19)31-3/h5-10,15H,4,11-14H2,1-3H3,(H2,24,25,29,32). The number of carbonyl (C=O) groups is 2. The van der Waals surface area contributed by atoms with Crippen molar-refractivity contribution >= 4 is 40.5 Å². The van der Waals surface area contributed by atoms with Crippen molar-refractivity contribution in [3.05, 3.63) is 48.0 Å². The number of nitrogens with one attached hydrogen (secondary N) is 2. The lowest BCUT2D eigenvalue weighted by Gasteiger charge is -2.36. The Morgan fingerprint density at radius 3 is 2.28 bits per heavy atom. The maximum Gasteiger partial charge on any atom is 0.261 e. The third-order valence-electron chi connectivity index (χ3n) is 5.31. The van der Waals surface area contributed by atoms with Crippen molar-refractivity contribution in [1.82, 2.24) is 10.2 Å². The van der Waals surface area contributed by atoms with Gasteiger partial charge in [0.05, 0.1) is 19.8 Å². The molecule has 2 aromatic rings. The van der Waals surface area contributed by atoms with Crippen molar-refractivity contribution in [2.75, 3.05) is 50.6 Å². The molecule has 0 bridgehead atoms. The van der Waals surface area contributed by atoms with Crippen LogP contribution >= 0.6 is 12.2 Å². The summed E-state index contributed by atoms with van der Waals surface area (Å²) in [5.41, 5.74) is 2.20. The van der Waals surface area contributed by atoms with Gasteiger partial charge in [0.25, 0.3) is 5.91 Å². The molecule has 2 amide bonds. The Bertz CT molecular complexity index is 972. The Hall–Kier alpha value is -3.33. The highest BCUT2D eigenvalue weighted by Crippen LogP contribution is 2.24. The van der Waals surface area contributed by atoms with Crippen molar-refractivity contribution in [2.24, 2.45) is 0 Å². The molecule has 0 saturated carbocycles. The molecule has 1 aliphatic rings. The Morgan fingerprint density at radius 1 is 1.00 bits per heavy atom. The molecule has 32 heavy (non-hydrogen) atoms. The zero-order valence-corrected chi connectivity index (χ0v) is 19.3. The zero-order valence-electron chi connectivity index (χ0n) is 18.5. The number of nitrogens with zero attached hydrogens (tertiary/aromatic N) is 2. The van der Waals surface area contributed by atoms with Crippen LogP contribution < -0.4 is 25.0 Å². The van der Waals surface area contributed by atoms with E-state index in [-0.39, 0.29) is 16.9 Å². The number of ether oxygens (including phenoxy) is 2. The molecule has 1 heterocycles. The van der Waals surface area contributed by atoms with Crippen molar-refractivity contribution in [1.29, 1.82) is 0 Å². The van der Waals surface area contributed by atoms with Gasteiger partial charge in [-0.15, -0.1) is 0 Å². The van der Waals surface area contributed by atoms with E-state index in [1.165, 1.54) is 7.11 Å². The second kappa shape index (κ2) is 10.8. The van der Waals surface area contributed by atoms with E-state index < -0.39 is 0 Å². The van der Waals surface area contributed by atoms with Crippen LogP contribution in [0.1, 0.15) is 23.7 Å². The molecular weight excluding hydrogens is 428 g/mol. The van der Waals surface area contributed by atoms with Gasteiger partial charge in [-0.3, -0.25) is 14.9 Å². The first-order chi connectivity index (χ1) is 15.4. The van der Waals surface area contributed by atoms with Crippen LogP contribution in [0.3, 0.4) is 0 Å². The second-order valence-corrected chi connectivity index (χ2v) is 7.65. The predicted octanol–water partition coefficient (Wildman–Crippen LogP) is 2.89. The van der Waals surface area contributed by atoms with E-state index in [1.54, 1.807) is 25.3 Å². The molecule has 2 N–H and O–H groups in total. The largest absolute Gasteiger partial charge is 0.497 e. The summed E-state index contributed by atoms with van der Waals surface area (Å²) >= 11 is 5.29. The molecule has 8 nitrogen and oxygen atoms in total. The average molecular weight is 457 g/mol. The van der Waals surface area contributed by atoms with E-state index in [0.29, 0.717) is 23.5 Å². The first-order valence-electron chi connectivity index (χ1n) is 10.4. The van der Waals surface area contributed by atoms with Gasteiger partial charge >= 0.3 is 0 Å². The lowest BCUT2D eigenvalue weighted by Crippen LogP contribution is -2.48. The Balaban J connectivity index is 1.55. The molecule has 1 fully saturated rings. The summed E-state index contributed by atoms with van der Waals surface area (Å²) in [6, 6.07) is 12.8. The normalized spacial score (nSPS) is 13.3. The second-order valence-electron chi connectivity index (χ2n) is 7.24. The summed E-state index contributed by atoms with van der Waals surface area (Å²) in [6.45, 7) is 4.96. The Labute approximate surface area is 193 Å². The van der Waals surface area contributed by atoms with Crippen LogP contribution in [0.2, 0.25) is 0 Å². The molecule has 9 heteroatoms. The highest BCUT2D eigenvalue weighted by molar-refractivity contribution is 7.80. The summed E-state index contributed by atoms with van der Waals surface area (Å²) in [6.07, 6.45) is 0.544. The minimum atomic E-state index is -0.377. The maximum atomic E-state index is 12.6. The van der Waals surface area contributed by atoms with Crippen LogP contribution in [0.4, 0.5) is 11.4 Å². The molecule has 0 aliphatic carbocycles. The van der Waals surface area contributed by atoms with Crippen LogP contribution in [0.5, 0.6) is 11.5 Å². The molecule has 2 aromatic carbocycles. The van der Waals surface area contributed by atoms with E-state index in [0.717, 1.165) is 37.6 Å². The van der Waals surface area contributed by atoms with Crippen molar-refractivity contribution in [2.45, 2.75) is 13.3 Å². The monoisotopic (exact) mass is 456 g/mol. The molecule has 1 saturated heterocycles. The molecule has 170 valence electrons. The number of hydrogen-bond acceptors (Lipinski definition) is 6. The number of benzene rings is 2. The average Bonchev–Trinajstić information content (AvgIpc) is 2.83. The topological polar surface area (TPSA) is 83.1 Å². The van der Waals surface area contributed by atoms with Crippen LogP contribution in [-0.2, 0) is 4.79 Å². The van der Waals surface area contributed by atoms with Gasteiger partial charge in [0, 0.05) is 50.0 Å². The summed E-state index contributed by atoms with van der Waals surface area (Å²) in [4.78, 5) is 28.6. The number of rotatable bonds is 6. The van der Waals surface area contributed by atoms with Gasteiger partial charge in [-0.2, -0.15) is 0 Å². The fraction of sp³-hybridized carbons (Fsp3) is 0.348. The number of thiocarbonyl (C=S) groups is 1. The van der Waals surface area contributed by atoms with Gasteiger partial charge < -0.3 is 24.6 Å². The third-order valence-corrected chi connectivity index (χ3v) is 5.51. The van der Waals surface area contributed by atoms with Gasteiger partial charge in [0.1, 0.15) is 11.5 Å². The molecular formula is C23H28N4O4S. The van der Waals surface area contributed by atoms with Gasteiger partial charge in [0.15, 0.2) is 5.11 Å². The van der Waals surface area contributed by atoms with E-state index in [9.17, 15) is 9.59 Å². The molecule has 0 aromatic heterocycles. The fourth-order valence-corrected chi connectivity index (χ4v) is 3.72. The molecule has 0 spiro atoms. The van der Waals surface area contributed by atoms with Crippen LogP contribution in [0, 0.1) is 0 Å². The van der Waals surface area contributed by atoms with Crippen molar-refractivity contribution < 1.29 is 19.1 Å². The maximum absolute atomic E-state index is 12.6. The van der Waals surface area contributed by atoms with Crippen molar-refractivity contribution in [3.63, 3.8) is 0 Å². The summed E-state index contributed by atoms with van der Waals surface area (Å²) in [5, 5.41) is 5.88. The van der Waals surface area contributed by atoms with Gasteiger partial charge in [-0.25, -0.2) is 0 Å². The molecule has 0 atom stereocenters. The summed E-state index contributed by atoms with van der Waals surface area (Å²) in [5.74, 6) is 0.817. The number of amides is 2. The number of carbonyl (C=O) groups excluding carboxylic acids is 2. The lowest BCUT2D eigenvalue weighted by molar-refractivity contribution is -0.131. The van der Waals surface area contributed by atoms with Gasteiger partial charge in [-0.1, -0.05) is 6.92 Å². The highest BCUT2D eigenvalue weighted by Gasteiger charge is 2.20. The summed E-state index contributed by atoms with van der Waals surface area (Å²) < 4.78 is 10.4. The highest BCUT2D eigenvalue weighted by atomic mass is 32.1. The first kappa shape index (κ1) is 23.3. The Kier molecular flexibility index (Phi) is 7.88. The minimum absolute atomic E-state index is 0.187. The SMILES string of the molecule is CCC(=O)N1CCN(c2ccc(NC(=S)NC(=O)c3ccc(OC)cc3OC)cc2)CC1. The summed E-state index contributed by atoms with van der Waals surface area (Å²) in [7, 11) is 3.04. The number of hydrogen-bond donors (Lipinski definition) is 2. The number of methoxy groups -OCH3 is 2. The smallest absolute Gasteiger partial charge is 0.261 e. The fourth-order valence-electron chi connectivity index (χ4n) is 3.51. The number of anilines is 2. The zero-order chi connectivity index (χ0) is 23.1. The minimum Gasteiger partial charge on any atom is -0.497 e. The predicted molar refractivity (Wildman–Crippen MR) is 129 cm³/mol. The number of piperazine rings is 1. The Morgan fingerprint density at radius 2 is 1.69 bits per heavy atom. The van der Waals surface area contributed by atoms with E-state index >= 15 is 0 Å². The molecule has 0 radical (unpaired) electrons. The lowest BCUT2D eigenvalue weighted by atomic mass is 10.2. The molecule has 3 rings (SSSR count). The van der Waals surface area contributed by atoms with E-state index in [2.05, 4.69) is 15.5 Å². The van der Waals surface area contributed by atoms with Crippen molar-refractivity contribution in [3.8, 4) is 11.5 Å².